The van der Waals surface area contributed by atoms with Gasteiger partial charge in [-0.2, -0.15) is 0 Å². The van der Waals surface area contributed by atoms with Crippen LogP contribution in [-0.4, -0.2) is 27.8 Å². The topological polar surface area (TPSA) is 120 Å². The van der Waals surface area contributed by atoms with Crippen LogP contribution in [0.2, 0.25) is 0 Å². The number of pyridine rings is 1. The molecular formula is C22H24N4O4S. The van der Waals surface area contributed by atoms with Crippen molar-refractivity contribution in [2.24, 2.45) is 16.6 Å². The predicted molar refractivity (Wildman–Crippen MR) is 115 cm³/mol. The van der Waals surface area contributed by atoms with Crippen LogP contribution in [0.3, 0.4) is 0 Å². The molecule has 31 heavy (non-hydrogen) atoms. The number of rotatable bonds is 7. The van der Waals surface area contributed by atoms with E-state index in [1.807, 2.05) is 6.92 Å². The molecule has 8 nitrogen and oxygen atoms in total. The number of primary amides is 1. The first kappa shape index (κ1) is 20.0. The van der Waals surface area contributed by atoms with Gasteiger partial charge in [0.15, 0.2) is 5.58 Å². The van der Waals surface area contributed by atoms with Crippen LogP contribution in [0, 0.1) is 24.7 Å². The number of fused-ring (bicyclic) bond motifs is 1. The number of aromatic nitrogens is 2. The number of amides is 2. The largest absolute Gasteiger partial charge is 0.472 e. The number of carbonyl (C=O) groups is 2. The van der Waals surface area contributed by atoms with E-state index in [1.54, 1.807) is 24.7 Å². The first-order valence-corrected chi connectivity index (χ1v) is 11.1. The molecule has 0 bridgehead atoms. The predicted octanol–water partition coefficient (Wildman–Crippen LogP) is 3.25. The quantitative estimate of drug-likeness (QED) is 0.582. The Bertz CT molecular complexity index is 1210. The number of aryl methyl sites for hydroxylation is 2. The number of thiazole rings is 1. The molecule has 3 aromatic rings. The minimum absolute atomic E-state index is 0.107. The number of nitrogens with two attached hydrogens (primary N) is 1. The van der Waals surface area contributed by atoms with Crippen molar-refractivity contribution in [1.82, 2.24) is 15.3 Å². The molecule has 162 valence electrons. The standard InChI is InChI=1S/C22H24N4O4S/c1-11-15(31-10-25-11)9-29-17-6-13-14(8-24-17)30-12(2)18(13)19(27)26-16-7-22(16,20(23)28)21(3)4-5-21/h6,8,10,16H,4-5,7,9H2,1-3H3,(H2,23,28)(H,26,27). The van der Waals surface area contributed by atoms with Gasteiger partial charge >= 0.3 is 0 Å². The van der Waals surface area contributed by atoms with Crippen molar-refractivity contribution in [2.75, 3.05) is 0 Å². The van der Waals surface area contributed by atoms with Crippen LogP contribution in [-0.2, 0) is 11.4 Å². The Hall–Kier alpha value is -2.94. The number of hydrogen-bond donors (Lipinski definition) is 2. The fraction of sp³-hybridized carbons (Fsp3) is 0.455. The third-order valence-corrected chi connectivity index (χ3v) is 7.84. The van der Waals surface area contributed by atoms with Gasteiger partial charge in [-0.3, -0.25) is 9.59 Å². The van der Waals surface area contributed by atoms with Crippen LogP contribution in [0.25, 0.3) is 11.0 Å². The normalized spacial score (nSPS) is 23.5. The summed E-state index contributed by atoms with van der Waals surface area (Å²) in [4.78, 5) is 34.9. The Labute approximate surface area is 183 Å². The van der Waals surface area contributed by atoms with Crippen LogP contribution in [0.15, 0.2) is 22.2 Å². The Morgan fingerprint density at radius 1 is 1.35 bits per heavy atom. The van der Waals surface area contributed by atoms with Gasteiger partial charge in [0, 0.05) is 17.5 Å². The van der Waals surface area contributed by atoms with Gasteiger partial charge in [0.05, 0.1) is 33.3 Å². The molecule has 0 aliphatic heterocycles. The molecule has 2 fully saturated rings. The molecular weight excluding hydrogens is 416 g/mol. The zero-order valence-corrected chi connectivity index (χ0v) is 18.5. The molecule has 2 aliphatic carbocycles. The molecule has 3 aromatic heterocycles. The monoisotopic (exact) mass is 440 g/mol. The summed E-state index contributed by atoms with van der Waals surface area (Å²) in [6.45, 7) is 6.10. The number of hydrogen-bond acceptors (Lipinski definition) is 7. The van der Waals surface area contributed by atoms with Gasteiger partial charge in [-0.15, -0.1) is 11.3 Å². The number of nitrogens with zero attached hydrogens (tertiary/aromatic N) is 2. The maximum atomic E-state index is 13.2. The first-order chi connectivity index (χ1) is 14.7. The summed E-state index contributed by atoms with van der Waals surface area (Å²) >= 11 is 1.52. The highest BCUT2D eigenvalue weighted by Crippen LogP contribution is 2.69. The molecule has 2 aliphatic rings. The molecule has 2 amide bonds. The smallest absolute Gasteiger partial charge is 0.255 e. The lowest BCUT2D eigenvalue weighted by Crippen LogP contribution is -2.40. The van der Waals surface area contributed by atoms with Gasteiger partial charge < -0.3 is 20.2 Å². The van der Waals surface area contributed by atoms with Crippen molar-refractivity contribution in [3.05, 3.63) is 39.7 Å². The van der Waals surface area contributed by atoms with Crippen molar-refractivity contribution < 1.29 is 18.7 Å². The van der Waals surface area contributed by atoms with E-state index in [4.69, 9.17) is 14.9 Å². The maximum Gasteiger partial charge on any atom is 0.255 e. The SMILES string of the molecule is Cc1ncsc1COc1cc2c(C(=O)NC3CC3(C(N)=O)C3(C)CC3)c(C)oc2cn1. The zero-order valence-electron chi connectivity index (χ0n) is 17.7. The summed E-state index contributed by atoms with van der Waals surface area (Å²) in [6.07, 6.45) is 4.07. The van der Waals surface area contributed by atoms with Crippen LogP contribution < -0.4 is 15.8 Å². The molecule has 9 heteroatoms. The summed E-state index contributed by atoms with van der Waals surface area (Å²) < 4.78 is 11.6. The van der Waals surface area contributed by atoms with E-state index < -0.39 is 5.41 Å². The van der Waals surface area contributed by atoms with Crippen LogP contribution >= 0.6 is 11.3 Å². The van der Waals surface area contributed by atoms with Crippen molar-refractivity contribution in [3.63, 3.8) is 0 Å². The lowest BCUT2D eigenvalue weighted by atomic mass is 9.85. The van der Waals surface area contributed by atoms with E-state index in [-0.39, 0.29) is 23.3 Å². The summed E-state index contributed by atoms with van der Waals surface area (Å²) in [6, 6.07) is 1.47. The maximum absolute atomic E-state index is 13.2. The second-order valence-corrected chi connectivity index (χ2v) is 9.77. The van der Waals surface area contributed by atoms with Crippen LogP contribution in [0.1, 0.15) is 52.9 Å². The van der Waals surface area contributed by atoms with E-state index in [9.17, 15) is 9.59 Å². The number of furan rings is 1. The Balaban J connectivity index is 1.38. The summed E-state index contributed by atoms with van der Waals surface area (Å²) in [7, 11) is 0. The second-order valence-electron chi connectivity index (χ2n) is 8.83. The lowest BCUT2D eigenvalue weighted by Gasteiger charge is -2.21. The molecule has 2 atom stereocenters. The van der Waals surface area contributed by atoms with Gasteiger partial charge in [-0.25, -0.2) is 9.97 Å². The molecule has 3 N–H and O–H groups in total. The highest BCUT2D eigenvalue weighted by Gasteiger charge is 2.73. The number of nitrogens with one attached hydrogen (secondary N) is 1. The van der Waals surface area contributed by atoms with E-state index in [0.717, 1.165) is 23.4 Å². The van der Waals surface area contributed by atoms with Crippen molar-refractivity contribution in [1.29, 1.82) is 0 Å². The van der Waals surface area contributed by atoms with Crippen LogP contribution in [0.4, 0.5) is 0 Å². The van der Waals surface area contributed by atoms with Gasteiger partial charge in [-0.1, -0.05) is 6.92 Å². The second kappa shape index (κ2) is 6.78. The Kier molecular flexibility index (Phi) is 4.37. The molecule has 0 saturated heterocycles. The van der Waals surface area contributed by atoms with E-state index in [0.29, 0.717) is 41.2 Å². The third kappa shape index (κ3) is 3.10. The highest BCUT2D eigenvalue weighted by atomic mass is 32.1. The van der Waals surface area contributed by atoms with Gasteiger partial charge in [0.25, 0.3) is 5.91 Å². The molecule has 0 aromatic carbocycles. The molecule has 0 spiro atoms. The Morgan fingerprint density at radius 2 is 2.13 bits per heavy atom. The fourth-order valence-corrected chi connectivity index (χ4v) is 5.30. The highest BCUT2D eigenvalue weighted by molar-refractivity contribution is 7.09. The third-order valence-electron chi connectivity index (χ3n) is 6.93. The molecule has 0 radical (unpaired) electrons. The fourth-order valence-electron chi connectivity index (χ4n) is 4.61. The van der Waals surface area contributed by atoms with Crippen molar-refractivity contribution >= 4 is 34.1 Å². The molecule has 5 rings (SSSR count). The Morgan fingerprint density at radius 3 is 2.77 bits per heavy atom. The van der Waals surface area contributed by atoms with Gasteiger partial charge in [0.1, 0.15) is 12.4 Å². The summed E-state index contributed by atoms with van der Waals surface area (Å²) in [5, 5.41) is 3.65. The first-order valence-electron chi connectivity index (χ1n) is 10.3. The van der Waals surface area contributed by atoms with Gasteiger partial charge in [0.2, 0.25) is 11.8 Å². The van der Waals surface area contributed by atoms with Gasteiger partial charge in [-0.05, 0) is 38.5 Å². The minimum atomic E-state index is -0.640. The van der Waals surface area contributed by atoms with Crippen LogP contribution in [0.5, 0.6) is 5.88 Å². The number of ether oxygens (including phenoxy) is 1. The average Bonchev–Trinajstić information content (AvgIpc) is 3.56. The summed E-state index contributed by atoms with van der Waals surface area (Å²) in [5.74, 6) is 0.292. The van der Waals surface area contributed by atoms with E-state index >= 15 is 0 Å². The molecule has 3 heterocycles. The summed E-state index contributed by atoms with van der Waals surface area (Å²) in [5.41, 5.74) is 8.63. The van der Waals surface area contributed by atoms with Crippen molar-refractivity contribution in [3.8, 4) is 5.88 Å². The van der Waals surface area contributed by atoms with E-state index in [2.05, 4.69) is 22.2 Å². The van der Waals surface area contributed by atoms with Crippen molar-refractivity contribution in [2.45, 2.75) is 52.7 Å². The van der Waals surface area contributed by atoms with E-state index in [1.165, 1.54) is 11.3 Å². The zero-order chi connectivity index (χ0) is 22.0. The minimum Gasteiger partial charge on any atom is -0.472 e. The molecule has 2 unspecified atom stereocenters. The molecule has 2 saturated carbocycles. The lowest BCUT2D eigenvalue weighted by molar-refractivity contribution is -0.125. The average molecular weight is 441 g/mol. The number of carbonyl (C=O) groups excluding carboxylic acids is 2.